The molecule has 26 heavy (non-hydrogen) atoms. The molecule has 1 aromatic carbocycles. The van der Waals surface area contributed by atoms with Gasteiger partial charge in [-0.3, -0.25) is 4.79 Å². The first-order chi connectivity index (χ1) is 12.5. The van der Waals surface area contributed by atoms with Crippen LogP contribution in [0.2, 0.25) is 0 Å². The molecule has 1 aliphatic rings. The Labute approximate surface area is 158 Å². The van der Waals surface area contributed by atoms with Crippen molar-refractivity contribution in [1.29, 1.82) is 0 Å². The summed E-state index contributed by atoms with van der Waals surface area (Å²) < 4.78 is 29.4. The van der Waals surface area contributed by atoms with Gasteiger partial charge in [0.2, 0.25) is 0 Å². The molecule has 1 saturated heterocycles. The van der Waals surface area contributed by atoms with Gasteiger partial charge in [-0.25, -0.2) is 0 Å². The number of rotatable bonds is 6. The Hall–Kier alpha value is -1.90. The molecule has 0 bridgehead atoms. The van der Waals surface area contributed by atoms with Crippen LogP contribution < -0.4 is 4.18 Å². The van der Waals surface area contributed by atoms with Gasteiger partial charge in [-0.1, -0.05) is 18.2 Å². The molecule has 1 fully saturated rings. The summed E-state index contributed by atoms with van der Waals surface area (Å²) in [4.78, 5) is 16.4. The van der Waals surface area contributed by atoms with E-state index in [1.165, 1.54) is 11.3 Å². The van der Waals surface area contributed by atoms with Crippen LogP contribution in [-0.2, 0) is 10.1 Å². The monoisotopic (exact) mass is 394 g/mol. The van der Waals surface area contributed by atoms with Crippen LogP contribution in [0.15, 0.2) is 47.2 Å². The fraction of sp³-hybridized carbons (Fsp3) is 0.389. The second kappa shape index (κ2) is 8.66. The number of carbonyl (C=O) groups excluding carboxylic acids is 1. The fourth-order valence-electron chi connectivity index (χ4n) is 2.87. The Kier molecular flexibility index (Phi) is 6.29. The van der Waals surface area contributed by atoms with Crippen LogP contribution in [0.5, 0.6) is 5.75 Å². The number of thiophene rings is 1. The number of para-hydroxylation sites is 1. The third-order valence-electron chi connectivity index (χ3n) is 4.27. The average molecular weight is 395 g/mol. The molecular weight excluding hydrogens is 372 g/mol. The van der Waals surface area contributed by atoms with Gasteiger partial charge in [0.15, 0.2) is 0 Å². The van der Waals surface area contributed by atoms with E-state index >= 15 is 0 Å². The van der Waals surface area contributed by atoms with E-state index in [9.17, 15) is 13.2 Å². The number of carbonyl (C=O) groups is 1. The number of benzene rings is 1. The molecule has 0 aliphatic carbocycles. The highest BCUT2D eigenvalue weighted by atomic mass is 32.2. The Morgan fingerprint density at radius 2 is 1.88 bits per heavy atom. The number of hydrogen-bond acceptors (Lipinski definition) is 6. The van der Waals surface area contributed by atoms with Crippen LogP contribution in [0.4, 0.5) is 0 Å². The minimum absolute atomic E-state index is 0.0492. The maximum absolute atomic E-state index is 12.4. The van der Waals surface area contributed by atoms with Gasteiger partial charge >= 0.3 is 10.1 Å². The summed E-state index contributed by atoms with van der Waals surface area (Å²) in [6.07, 6.45) is 0.829. The number of amides is 1. The van der Waals surface area contributed by atoms with Gasteiger partial charge in [-0.05, 0) is 36.5 Å². The molecule has 0 N–H and O–H groups in total. The van der Waals surface area contributed by atoms with Crippen LogP contribution in [0, 0.1) is 0 Å². The van der Waals surface area contributed by atoms with E-state index in [4.69, 9.17) is 4.18 Å². The van der Waals surface area contributed by atoms with E-state index in [-0.39, 0.29) is 11.7 Å². The topological polar surface area (TPSA) is 66.9 Å². The Balaban J connectivity index is 1.49. The highest BCUT2D eigenvalue weighted by Crippen LogP contribution is 2.14. The van der Waals surface area contributed by atoms with Crippen LogP contribution in [0.3, 0.4) is 0 Å². The maximum atomic E-state index is 12.4. The molecule has 2 heterocycles. The van der Waals surface area contributed by atoms with Crippen LogP contribution in [-0.4, -0.2) is 62.6 Å². The number of nitrogens with zero attached hydrogens (tertiary/aromatic N) is 2. The molecule has 0 saturated carbocycles. The van der Waals surface area contributed by atoms with E-state index in [0.29, 0.717) is 31.9 Å². The summed E-state index contributed by atoms with van der Waals surface area (Å²) in [7, 11) is -3.63. The normalized spacial score (nSPS) is 16.2. The van der Waals surface area contributed by atoms with Crippen molar-refractivity contribution in [2.75, 3.05) is 38.5 Å². The zero-order chi connectivity index (χ0) is 18.4. The lowest BCUT2D eigenvalue weighted by Crippen LogP contribution is -2.36. The lowest BCUT2D eigenvalue weighted by molar-refractivity contribution is 0.0762. The molecule has 0 unspecified atom stereocenters. The predicted octanol–water partition coefficient (Wildman–Crippen LogP) is 2.30. The van der Waals surface area contributed by atoms with Crippen molar-refractivity contribution < 1.29 is 17.4 Å². The molecule has 6 nitrogen and oxygen atoms in total. The van der Waals surface area contributed by atoms with E-state index in [0.717, 1.165) is 18.5 Å². The van der Waals surface area contributed by atoms with Crippen LogP contribution in [0.25, 0.3) is 0 Å². The van der Waals surface area contributed by atoms with Crippen LogP contribution in [0.1, 0.15) is 16.8 Å². The highest BCUT2D eigenvalue weighted by molar-refractivity contribution is 7.87. The van der Waals surface area contributed by atoms with Gasteiger partial charge in [0.25, 0.3) is 5.91 Å². The summed E-state index contributed by atoms with van der Waals surface area (Å²) in [5.74, 6) is 0.310. The van der Waals surface area contributed by atoms with Crippen molar-refractivity contribution in [3.05, 3.63) is 52.7 Å². The van der Waals surface area contributed by atoms with Gasteiger partial charge in [-0.15, -0.1) is 0 Å². The Morgan fingerprint density at radius 1 is 1.08 bits per heavy atom. The third kappa shape index (κ3) is 5.30. The molecule has 2 aromatic rings. The van der Waals surface area contributed by atoms with Gasteiger partial charge < -0.3 is 14.0 Å². The van der Waals surface area contributed by atoms with Crippen molar-refractivity contribution in [2.45, 2.75) is 6.42 Å². The molecule has 3 rings (SSSR count). The first-order valence-electron chi connectivity index (χ1n) is 8.54. The molecule has 8 heteroatoms. The molecule has 140 valence electrons. The van der Waals surface area contributed by atoms with E-state index in [2.05, 4.69) is 4.90 Å². The Bertz CT molecular complexity index is 807. The van der Waals surface area contributed by atoms with Gasteiger partial charge in [0, 0.05) is 31.6 Å². The average Bonchev–Trinajstić information content (AvgIpc) is 3.06. The summed E-state index contributed by atoms with van der Waals surface area (Å²) in [5.41, 5.74) is 0.724. The summed E-state index contributed by atoms with van der Waals surface area (Å²) in [6.45, 7) is 3.13. The minimum Gasteiger partial charge on any atom is -0.382 e. The van der Waals surface area contributed by atoms with Gasteiger partial charge in [-0.2, -0.15) is 19.8 Å². The molecule has 0 atom stereocenters. The zero-order valence-electron chi connectivity index (χ0n) is 14.4. The highest BCUT2D eigenvalue weighted by Gasteiger charge is 2.22. The van der Waals surface area contributed by atoms with Crippen LogP contribution >= 0.6 is 11.3 Å². The second-order valence-corrected chi connectivity index (χ2v) is 8.63. The fourth-order valence-corrected chi connectivity index (χ4v) is 4.47. The lowest BCUT2D eigenvalue weighted by Gasteiger charge is -2.21. The first kappa shape index (κ1) is 18.9. The minimum atomic E-state index is -3.63. The van der Waals surface area contributed by atoms with Crippen molar-refractivity contribution in [3.63, 3.8) is 0 Å². The van der Waals surface area contributed by atoms with Gasteiger partial charge in [0.05, 0.1) is 11.3 Å². The van der Waals surface area contributed by atoms with Crippen molar-refractivity contribution in [1.82, 2.24) is 9.80 Å². The van der Waals surface area contributed by atoms with E-state index in [1.54, 1.807) is 30.3 Å². The molecule has 1 amide bonds. The summed E-state index contributed by atoms with van der Waals surface area (Å²) in [5, 5.41) is 3.76. The van der Waals surface area contributed by atoms with Crippen molar-refractivity contribution in [3.8, 4) is 5.75 Å². The zero-order valence-corrected chi connectivity index (χ0v) is 16.0. The SMILES string of the molecule is O=C(c1ccsc1)N1CCCN(CCS(=O)(=O)Oc2ccccc2)CC1. The van der Waals surface area contributed by atoms with Gasteiger partial charge in [0.1, 0.15) is 5.75 Å². The molecule has 0 radical (unpaired) electrons. The van der Waals surface area contributed by atoms with Crippen molar-refractivity contribution in [2.24, 2.45) is 0 Å². The predicted molar refractivity (Wildman–Crippen MR) is 102 cm³/mol. The van der Waals surface area contributed by atoms with Crippen molar-refractivity contribution >= 4 is 27.4 Å². The van der Waals surface area contributed by atoms with E-state index in [1.807, 2.05) is 21.7 Å². The van der Waals surface area contributed by atoms with E-state index < -0.39 is 10.1 Å². The summed E-state index contributed by atoms with van der Waals surface area (Å²) in [6, 6.07) is 10.4. The Morgan fingerprint density at radius 3 is 2.62 bits per heavy atom. The number of hydrogen-bond donors (Lipinski definition) is 0. The molecule has 1 aliphatic heterocycles. The largest absolute Gasteiger partial charge is 0.382 e. The standard InChI is InChI=1S/C18H22N2O4S2/c21-18(16-7-13-25-15-16)20-9-4-8-19(10-11-20)12-14-26(22,23)24-17-5-2-1-3-6-17/h1-3,5-7,13,15H,4,8-12,14H2. The second-order valence-electron chi connectivity index (χ2n) is 6.16. The molecular formula is C18H22N2O4S2. The molecule has 1 aromatic heterocycles. The third-order valence-corrected chi connectivity index (χ3v) is 6.08. The smallest absolute Gasteiger partial charge is 0.310 e. The summed E-state index contributed by atoms with van der Waals surface area (Å²) >= 11 is 1.51. The molecule has 0 spiro atoms. The lowest BCUT2D eigenvalue weighted by atomic mass is 10.3. The maximum Gasteiger partial charge on any atom is 0.310 e. The first-order valence-corrected chi connectivity index (χ1v) is 11.1. The quantitative estimate of drug-likeness (QED) is 0.704.